The van der Waals surface area contributed by atoms with Crippen LogP contribution < -0.4 is 16.0 Å². The third kappa shape index (κ3) is 9.07. The molecule has 1 unspecified atom stereocenters. The first-order valence-corrected chi connectivity index (χ1v) is 16.1. The number of nitrogens with one attached hydrogen (secondary N) is 3. The van der Waals surface area contributed by atoms with Crippen LogP contribution in [-0.4, -0.2) is 88.4 Å². The molecule has 0 spiro atoms. The second kappa shape index (κ2) is 15.0. The van der Waals surface area contributed by atoms with Gasteiger partial charge in [0.15, 0.2) is 0 Å². The number of carboxylic acids is 1. The fraction of sp³-hybridized carbons (Fsp3) is 0.839. The van der Waals surface area contributed by atoms with E-state index in [1.807, 2.05) is 20.8 Å². The monoisotopic (exact) mass is 591 g/mol. The SMILES string of the molecule is CCCCCCCCC1C[C@]1(NC(=O)[C@@H]1CCCN1C(=O)CNC(=O)N[C@H](CN1CCCCC1=O)C(C)(C)C)C(=O)O. The van der Waals surface area contributed by atoms with Gasteiger partial charge >= 0.3 is 12.0 Å². The van der Waals surface area contributed by atoms with Gasteiger partial charge in [0.2, 0.25) is 17.7 Å². The van der Waals surface area contributed by atoms with Gasteiger partial charge in [-0.3, -0.25) is 14.4 Å². The van der Waals surface area contributed by atoms with Crippen molar-refractivity contribution in [2.75, 3.05) is 26.2 Å². The number of unbranched alkanes of at least 4 members (excludes halogenated alkanes) is 5. The van der Waals surface area contributed by atoms with E-state index < -0.39 is 29.5 Å². The van der Waals surface area contributed by atoms with Gasteiger partial charge in [-0.1, -0.05) is 66.2 Å². The molecule has 3 rings (SSSR count). The van der Waals surface area contributed by atoms with E-state index in [0.29, 0.717) is 45.3 Å². The first-order valence-electron chi connectivity index (χ1n) is 16.1. The fourth-order valence-corrected chi connectivity index (χ4v) is 6.24. The van der Waals surface area contributed by atoms with E-state index in [4.69, 9.17) is 0 Å². The Morgan fingerprint density at radius 2 is 1.74 bits per heavy atom. The van der Waals surface area contributed by atoms with Crippen LogP contribution in [0.5, 0.6) is 0 Å². The molecule has 0 aromatic carbocycles. The molecule has 11 heteroatoms. The summed E-state index contributed by atoms with van der Waals surface area (Å²) in [6.07, 6.45) is 11.4. The zero-order chi connectivity index (χ0) is 30.9. The smallest absolute Gasteiger partial charge is 0.329 e. The third-order valence-corrected chi connectivity index (χ3v) is 9.19. The molecule has 0 aromatic heterocycles. The van der Waals surface area contributed by atoms with Gasteiger partial charge in [-0.15, -0.1) is 0 Å². The molecular weight excluding hydrogens is 538 g/mol. The Bertz CT molecular complexity index is 981. The van der Waals surface area contributed by atoms with Crippen molar-refractivity contribution in [2.24, 2.45) is 11.3 Å². The summed E-state index contributed by atoms with van der Waals surface area (Å²) >= 11 is 0. The van der Waals surface area contributed by atoms with E-state index in [0.717, 1.165) is 38.5 Å². The molecule has 0 aromatic rings. The first-order chi connectivity index (χ1) is 19.9. The van der Waals surface area contributed by atoms with Crippen LogP contribution in [0.25, 0.3) is 0 Å². The molecule has 2 aliphatic heterocycles. The van der Waals surface area contributed by atoms with Crippen LogP contribution >= 0.6 is 0 Å². The summed E-state index contributed by atoms with van der Waals surface area (Å²) in [6, 6.07) is -1.57. The Morgan fingerprint density at radius 3 is 2.40 bits per heavy atom. The number of nitrogens with zero attached hydrogens (tertiary/aromatic N) is 2. The van der Waals surface area contributed by atoms with Crippen molar-refractivity contribution < 1.29 is 29.1 Å². The summed E-state index contributed by atoms with van der Waals surface area (Å²) in [5.74, 6) is -1.82. The Morgan fingerprint density at radius 1 is 1.02 bits per heavy atom. The molecule has 11 nitrogen and oxygen atoms in total. The molecular formula is C31H53N5O6. The first kappa shape index (κ1) is 33.6. The molecule has 3 aliphatic rings. The van der Waals surface area contributed by atoms with E-state index in [1.165, 1.54) is 24.2 Å². The zero-order valence-electron chi connectivity index (χ0n) is 26.1. The molecule has 238 valence electrons. The van der Waals surface area contributed by atoms with Crippen molar-refractivity contribution in [3.05, 3.63) is 0 Å². The number of carboxylic acid groups (broad SMARTS) is 1. The van der Waals surface area contributed by atoms with E-state index in [9.17, 15) is 29.1 Å². The summed E-state index contributed by atoms with van der Waals surface area (Å²) in [5, 5.41) is 18.3. The maximum atomic E-state index is 13.2. The van der Waals surface area contributed by atoms with E-state index in [1.54, 1.807) is 4.90 Å². The number of carbonyl (C=O) groups is 5. The second-order valence-corrected chi connectivity index (χ2v) is 13.5. The van der Waals surface area contributed by atoms with Crippen molar-refractivity contribution in [2.45, 2.75) is 129 Å². The molecule has 5 amide bonds. The van der Waals surface area contributed by atoms with Gasteiger partial charge in [-0.2, -0.15) is 0 Å². The summed E-state index contributed by atoms with van der Waals surface area (Å²) in [4.78, 5) is 66.8. The minimum atomic E-state index is -1.24. The van der Waals surface area contributed by atoms with Crippen LogP contribution in [0.1, 0.15) is 111 Å². The third-order valence-electron chi connectivity index (χ3n) is 9.19. The highest BCUT2D eigenvalue weighted by molar-refractivity contribution is 5.95. The summed E-state index contributed by atoms with van der Waals surface area (Å²) in [7, 11) is 0. The topological polar surface area (TPSA) is 148 Å². The van der Waals surface area contributed by atoms with Crippen LogP contribution in [0, 0.1) is 11.3 Å². The highest BCUT2D eigenvalue weighted by Crippen LogP contribution is 2.47. The van der Waals surface area contributed by atoms with E-state index >= 15 is 0 Å². The van der Waals surface area contributed by atoms with Crippen molar-refractivity contribution in [3.8, 4) is 0 Å². The number of urea groups is 1. The number of rotatable bonds is 15. The molecule has 42 heavy (non-hydrogen) atoms. The molecule has 4 atom stereocenters. The summed E-state index contributed by atoms with van der Waals surface area (Å²) in [5.41, 5.74) is -1.55. The number of amides is 5. The second-order valence-electron chi connectivity index (χ2n) is 13.5. The lowest BCUT2D eigenvalue weighted by Gasteiger charge is -2.37. The van der Waals surface area contributed by atoms with Crippen molar-refractivity contribution in [1.82, 2.24) is 25.8 Å². The minimum absolute atomic E-state index is 0.0861. The number of aliphatic carboxylic acids is 1. The molecule has 2 heterocycles. The Balaban J connectivity index is 1.48. The average molecular weight is 592 g/mol. The number of hydrogen-bond donors (Lipinski definition) is 4. The fourth-order valence-electron chi connectivity index (χ4n) is 6.24. The highest BCUT2D eigenvalue weighted by atomic mass is 16.4. The maximum absolute atomic E-state index is 13.2. The minimum Gasteiger partial charge on any atom is -0.479 e. The standard InChI is InChI=1S/C31H53N5O6/c1-5-6-7-8-9-10-14-22-19-31(22,28(40)41)34-27(39)23-15-13-18-36(23)26(38)20-32-29(42)33-24(30(2,3)4)21-35-17-12-11-16-25(35)37/h22-24H,5-21H2,1-4H3,(H,34,39)(H,40,41)(H2,32,33,42)/t22?,23-,24+,31+/m0/s1. The molecule has 2 saturated heterocycles. The quantitative estimate of drug-likeness (QED) is 0.215. The van der Waals surface area contributed by atoms with Crippen molar-refractivity contribution >= 4 is 29.7 Å². The van der Waals surface area contributed by atoms with Crippen LogP contribution in [0.3, 0.4) is 0 Å². The highest BCUT2D eigenvalue weighted by Gasteiger charge is 2.61. The predicted octanol–water partition coefficient (Wildman–Crippen LogP) is 3.41. The van der Waals surface area contributed by atoms with Gasteiger partial charge in [0.1, 0.15) is 11.6 Å². The number of hydrogen-bond acceptors (Lipinski definition) is 5. The van der Waals surface area contributed by atoms with Gasteiger partial charge in [0, 0.05) is 26.1 Å². The van der Waals surface area contributed by atoms with Gasteiger partial charge < -0.3 is 30.9 Å². The Hall–Kier alpha value is -2.85. The molecule has 4 N–H and O–H groups in total. The predicted molar refractivity (Wildman–Crippen MR) is 160 cm³/mol. The van der Waals surface area contributed by atoms with Crippen molar-refractivity contribution in [1.29, 1.82) is 0 Å². The van der Waals surface area contributed by atoms with E-state index in [-0.39, 0.29) is 35.7 Å². The van der Waals surface area contributed by atoms with Crippen LogP contribution in [0.2, 0.25) is 0 Å². The van der Waals surface area contributed by atoms with Gasteiger partial charge in [-0.05, 0) is 49.9 Å². The average Bonchev–Trinajstić information content (AvgIpc) is 3.39. The summed E-state index contributed by atoms with van der Waals surface area (Å²) in [6.45, 7) is 9.33. The lowest BCUT2D eigenvalue weighted by Crippen LogP contribution is -2.56. The number of likely N-dealkylation sites (tertiary alicyclic amines) is 2. The molecule has 1 aliphatic carbocycles. The number of piperidine rings is 1. The molecule has 1 saturated carbocycles. The maximum Gasteiger partial charge on any atom is 0.329 e. The Kier molecular flexibility index (Phi) is 12.1. The molecule has 0 bridgehead atoms. The lowest BCUT2D eigenvalue weighted by molar-refractivity contribution is -0.145. The van der Waals surface area contributed by atoms with Gasteiger partial charge in [0.05, 0.1) is 12.6 Å². The van der Waals surface area contributed by atoms with Gasteiger partial charge in [-0.25, -0.2) is 9.59 Å². The number of carbonyl (C=O) groups excluding carboxylic acids is 4. The van der Waals surface area contributed by atoms with Gasteiger partial charge in [0.25, 0.3) is 0 Å². The molecule has 0 radical (unpaired) electrons. The zero-order valence-corrected chi connectivity index (χ0v) is 26.1. The Labute approximate surface area is 250 Å². The largest absolute Gasteiger partial charge is 0.479 e. The van der Waals surface area contributed by atoms with E-state index in [2.05, 4.69) is 22.9 Å². The van der Waals surface area contributed by atoms with Crippen LogP contribution in [0.4, 0.5) is 4.79 Å². The normalized spacial score (nSPS) is 24.7. The molecule has 3 fully saturated rings. The lowest BCUT2D eigenvalue weighted by atomic mass is 9.86. The van der Waals surface area contributed by atoms with Crippen LogP contribution in [-0.2, 0) is 19.2 Å². The summed E-state index contributed by atoms with van der Waals surface area (Å²) < 4.78 is 0. The van der Waals surface area contributed by atoms with Crippen molar-refractivity contribution in [3.63, 3.8) is 0 Å². The van der Waals surface area contributed by atoms with Crippen LogP contribution in [0.15, 0.2) is 0 Å².